The molecule has 1 fully saturated rings. The average molecular weight is 436 g/mol. The normalized spacial score (nSPS) is 16.6. The predicted octanol–water partition coefficient (Wildman–Crippen LogP) is 3.04. The second-order valence-electron chi connectivity index (χ2n) is 8.50. The van der Waals surface area contributed by atoms with E-state index >= 15 is 0 Å². The van der Waals surface area contributed by atoms with E-state index in [1.54, 1.807) is 4.90 Å². The summed E-state index contributed by atoms with van der Waals surface area (Å²) in [5.41, 5.74) is 4.54. The van der Waals surface area contributed by atoms with Crippen LogP contribution in [0.3, 0.4) is 0 Å². The highest BCUT2D eigenvalue weighted by molar-refractivity contribution is 5.85. The van der Waals surface area contributed by atoms with Crippen molar-refractivity contribution < 1.29 is 14.4 Å². The third-order valence-electron chi connectivity index (χ3n) is 5.92. The van der Waals surface area contributed by atoms with Gasteiger partial charge in [-0.1, -0.05) is 61.0 Å². The molecule has 0 aromatic heterocycles. The average Bonchev–Trinajstić information content (AvgIpc) is 2.93. The molecule has 2 aromatic rings. The van der Waals surface area contributed by atoms with Crippen LogP contribution in [0.15, 0.2) is 48.5 Å². The number of rotatable bonds is 7. The van der Waals surface area contributed by atoms with Crippen LogP contribution in [0, 0.1) is 12.8 Å². The first-order chi connectivity index (χ1) is 15.4. The number of carbonyl (C=O) groups is 3. The van der Waals surface area contributed by atoms with Gasteiger partial charge in [-0.05, 0) is 36.5 Å². The van der Waals surface area contributed by atoms with E-state index in [1.807, 2.05) is 17.0 Å². The number of nitrogens with zero attached hydrogens (tertiary/aromatic N) is 2. The summed E-state index contributed by atoms with van der Waals surface area (Å²) in [7, 11) is 0. The zero-order valence-electron chi connectivity index (χ0n) is 19.3. The minimum atomic E-state index is -0.322. The van der Waals surface area contributed by atoms with E-state index < -0.39 is 0 Å². The Balaban J connectivity index is 1.86. The molecule has 32 heavy (non-hydrogen) atoms. The van der Waals surface area contributed by atoms with Gasteiger partial charge in [0.1, 0.15) is 0 Å². The highest BCUT2D eigenvalue weighted by Crippen LogP contribution is 2.27. The summed E-state index contributed by atoms with van der Waals surface area (Å²) in [6.45, 7) is 7.53. The SMILES string of the molecule is CCCN1CCN(C(=O)CNC(C)=O)C[C@H](Cc2ccccc2-c2ccc(C)cc2)C1=O. The fourth-order valence-electron chi connectivity index (χ4n) is 4.21. The van der Waals surface area contributed by atoms with Crippen molar-refractivity contribution in [2.24, 2.45) is 5.92 Å². The standard InChI is InChI=1S/C26H33N3O3/c1-4-13-28-14-15-29(25(31)17-27-20(3)30)18-23(26(28)32)16-22-7-5-6-8-24(22)21-11-9-19(2)10-12-21/h5-12,23H,4,13-18H2,1-3H3,(H,27,30)/t23-/m0/s1. The molecule has 3 amide bonds. The molecule has 1 heterocycles. The molecule has 2 aromatic carbocycles. The summed E-state index contributed by atoms with van der Waals surface area (Å²) >= 11 is 0. The van der Waals surface area contributed by atoms with Gasteiger partial charge in [-0.2, -0.15) is 0 Å². The summed E-state index contributed by atoms with van der Waals surface area (Å²) in [6.07, 6.45) is 1.44. The van der Waals surface area contributed by atoms with Crippen LogP contribution in [0.25, 0.3) is 11.1 Å². The molecule has 1 atom stereocenters. The van der Waals surface area contributed by atoms with Crippen LogP contribution in [0.2, 0.25) is 0 Å². The van der Waals surface area contributed by atoms with Gasteiger partial charge in [0.2, 0.25) is 17.7 Å². The van der Waals surface area contributed by atoms with Gasteiger partial charge in [-0.3, -0.25) is 14.4 Å². The second-order valence-corrected chi connectivity index (χ2v) is 8.50. The largest absolute Gasteiger partial charge is 0.347 e. The maximum absolute atomic E-state index is 13.4. The second kappa shape index (κ2) is 10.9. The van der Waals surface area contributed by atoms with Crippen LogP contribution in [-0.2, 0) is 20.8 Å². The van der Waals surface area contributed by atoms with E-state index in [1.165, 1.54) is 12.5 Å². The minimum Gasteiger partial charge on any atom is -0.347 e. The fourth-order valence-corrected chi connectivity index (χ4v) is 4.21. The first-order valence-corrected chi connectivity index (χ1v) is 11.3. The maximum Gasteiger partial charge on any atom is 0.242 e. The van der Waals surface area contributed by atoms with Crippen molar-refractivity contribution >= 4 is 17.7 Å². The van der Waals surface area contributed by atoms with Crippen molar-refractivity contribution in [3.8, 4) is 11.1 Å². The van der Waals surface area contributed by atoms with Crippen molar-refractivity contribution in [2.75, 3.05) is 32.7 Å². The fraction of sp³-hybridized carbons (Fsp3) is 0.423. The zero-order chi connectivity index (χ0) is 23.1. The molecule has 3 rings (SSSR count). The Kier molecular flexibility index (Phi) is 8.03. The molecule has 1 aliphatic rings. The Labute approximate surface area is 190 Å². The molecular formula is C26H33N3O3. The summed E-state index contributed by atoms with van der Waals surface area (Å²) in [5.74, 6) is -0.610. The first-order valence-electron chi connectivity index (χ1n) is 11.3. The number of hydrogen-bond donors (Lipinski definition) is 1. The van der Waals surface area contributed by atoms with Crippen molar-refractivity contribution in [1.82, 2.24) is 15.1 Å². The highest BCUT2D eigenvalue weighted by atomic mass is 16.2. The molecule has 170 valence electrons. The first kappa shape index (κ1) is 23.5. The van der Waals surface area contributed by atoms with Crippen LogP contribution < -0.4 is 5.32 Å². The Morgan fingerprint density at radius 1 is 1.06 bits per heavy atom. The molecule has 6 heteroatoms. The smallest absolute Gasteiger partial charge is 0.242 e. The lowest BCUT2D eigenvalue weighted by atomic mass is 9.91. The van der Waals surface area contributed by atoms with E-state index in [2.05, 4.69) is 55.6 Å². The van der Waals surface area contributed by atoms with Gasteiger partial charge in [0, 0.05) is 33.1 Å². The summed E-state index contributed by atoms with van der Waals surface area (Å²) in [5, 5.41) is 2.58. The van der Waals surface area contributed by atoms with E-state index in [4.69, 9.17) is 0 Å². The molecule has 0 spiro atoms. The van der Waals surface area contributed by atoms with Crippen LogP contribution in [-0.4, -0.2) is 60.2 Å². The van der Waals surface area contributed by atoms with Crippen LogP contribution in [0.5, 0.6) is 0 Å². The molecule has 1 N–H and O–H groups in total. The Hall–Kier alpha value is -3.15. The van der Waals surface area contributed by atoms with E-state index in [9.17, 15) is 14.4 Å². The van der Waals surface area contributed by atoms with Gasteiger partial charge in [-0.25, -0.2) is 0 Å². The molecule has 6 nitrogen and oxygen atoms in total. The molecule has 1 saturated heterocycles. The van der Waals surface area contributed by atoms with Crippen LogP contribution >= 0.6 is 0 Å². The van der Waals surface area contributed by atoms with Gasteiger partial charge >= 0.3 is 0 Å². The maximum atomic E-state index is 13.4. The van der Waals surface area contributed by atoms with Gasteiger partial charge in [-0.15, -0.1) is 0 Å². The lowest BCUT2D eigenvalue weighted by Crippen LogP contribution is -2.42. The number of amides is 3. The highest BCUT2D eigenvalue weighted by Gasteiger charge is 2.32. The molecule has 0 saturated carbocycles. The number of carbonyl (C=O) groups excluding carboxylic acids is 3. The molecule has 0 radical (unpaired) electrons. The topological polar surface area (TPSA) is 69.7 Å². The van der Waals surface area contributed by atoms with E-state index in [0.717, 1.165) is 23.1 Å². The third-order valence-corrected chi connectivity index (χ3v) is 5.92. The zero-order valence-corrected chi connectivity index (χ0v) is 19.3. The third kappa shape index (κ3) is 5.96. The molecule has 0 bridgehead atoms. The number of nitrogens with one attached hydrogen (secondary N) is 1. The van der Waals surface area contributed by atoms with Crippen molar-refractivity contribution in [3.63, 3.8) is 0 Å². The Morgan fingerprint density at radius 2 is 1.78 bits per heavy atom. The van der Waals surface area contributed by atoms with Crippen molar-refractivity contribution in [2.45, 2.75) is 33.6 Å². The lowest BCUT2D eigenvalue weighted by Gasteiger charge is -2.25. The Morgan fingerprint density at radius 3 is 2.47 bits per heavy atom. The number of benzene rings is 2. The van der Waals surface area contributed by atoms with Gasteiger partial charge < -0.3 is 15.1 Å². The number of aryl methyl sites for hydroxylation is 1. The molecule has 1 aliphatic heterocycles. The van der Waals surface area contributed by atoms with Gasteiger partial charge in [0.05, 0.1) is 12.5 Å². The van der Waals surface area contributed by atoms with Crippen LogP contribution in [0.1, 0.15) is 31.4 Å². The number of hydrogen-bond acceptors (Lipinski definition) is 3. The van der Waals surface area contributed by atoms with Gasteiger partial charge in [0.25, 0.3) is 0 Å². The Bertz CT molecular complexity index is 955. The summed E-state index contributed by atoms with van der Waals surface area (Å²) in [6, 6.07) is 16.6. The summed E-state index contributed by atoms with van der Waals surface area (Å²) in [4.78, 5) is 41.0. The molecule has 0 unspecified atom stereocenters. The van der Waals surface area contributed by atoms with Crippen molar-refractivity contribution in [3.05, 3.63) is 59.7 Å². The van der Waals surface area contributed by atoms with E-state index in [0.29, 0.717) is 32.6 Å². The lowest BCUT2D eigenvalue weighted by molar-refractivity contribution is -0.135. The monoisotopic (exact) mass is 435 g/mol. The van der Waals surface area contributed by atoms with E-state index in [-0.39, 0.29) is 30.2 Å². The van der Waals surface area contributed by atoms with Gasteiger partial charge in [0.15, 0.2) is 0 Å². The quantitative estimate of drug-likeness (QED) is 0.727. The van der Waals surface area contributed by atoms with Crippen LogP contribution in [0.4, 0.5) is 0 Å². The van der Waals surface area contributed by atoms with Crippen molar-refractivity contribution in [1.29, 1.82) is 0 Å². The summed E-state index contributed by atoms with van der Waals surface area (Å²) < 4.78 is 0. The minimum absolute atomic E-state index is 0.0377. The molecular weight excluding hydrogens is 402 g/mol. The predicted molar refractivity (Wildman–Crippen MR) is 126 cm³/mol. The molecule has 0 aliphatic carbocycles.